The summed E-state index contributed by atoms with van der Waals surface area (Å²) in [6, 6.07) is 0. The van der Waals surface area contributed by atoms with Gasteiger partial charge < -0.3 is 0 Å². The first-order valence-electron chi connectivity index (χ1n) is 2.04. The minimum absolute atomic E-state index is 1.13. The molecule has 1 rings (SSSR count). The van der Waals surface area contributed by atoms with Gasteiger partial charge in [0.15, 0.2) is 0 Å². The maximum Gasteiger partial charge on any atom is 0.0612 e. The molecule has 0 aliphatic carbocycles. The lowest BCUT2D eigenvalue weighted by atomic mass is 10.4. The largest absolute Gasteiger partial charge is 0.258 e. The van der Waals surface area contributed by atoms with Crippen LogP contribution in [0.1, 0.15) is 6.92 Å². The van der Waals surface area contributed by atoms with Crippen LogP contribution in [0.3, 0.4) is 0 Å². The molecule has 1 heterocycles. The lowest BCUT2D eigenvalue weighted by molar-refractivity contribution is 1.09. The van der Waals surface area contributed by atoms with Crippen LogP contribution in [0.15, 0.2) is 11.8 Å². The molecule has 0 aromatic rings. The Morgan fingerprint density at radius 2 is 2.71 bits per heavy atom. The van der Waals surface area contributed by atoms with Gasteiger partial charge in [-0.3, -0.25) is 3.33 Å². The third-order valence-corrected chi connectivity index (χ3v) is 2.49. The summed E-state index contributed by atoms with van der Waals surface area (Å²) in [5.74, 6) is 1.13. The fraction of sp³-hybridized carbons (Fsp3) is 0.500. The number of halogens is 1. The molecule has 0 saturated carbocycles. The minimum atomic E-state index is 1.13. The lowest BCUT2D eigenvalue weighted by Crippen LogP contribution is -1.78. The molecule has 0 aromatic carbocycles. The van der Waals surface area contributed by atoms with E-state index in [9.17, 15) is 0 Å². The molecule has 1 aliphatic heterocycles. The van der Waals surface area contributed by atoms with Crippen molar-refractivity contribution in [2.75, 3.05) is 5.75 Å². The molecule has 0 N–H and O–H groups in total. The van der Waals surface area contributed by atoms with Gasteiger partial charge in [0.25, 0.3) is 0 Å². The molecule has 0 atom stereocenters. The van der Waals surface area contributed by atoms with Gasteiger partial charge >= 0.3 is 0 Å². The van der Waals surface area contributed by atoms with E-state index in [1.807, 2.05) is 3.33 Å². The van der Waals surface area contributed by atoms with Crippen LogP contribution in [0.5, 0.6) is 0 Å². The highest BCUT2D eigenvalue weighted by atomic mass is 79.9. The Kier molecular flexibility index (Phi) is 1.65. The van der Waals surface area contributed by atoms with Gasteiger partial charge in [0, 0.05) is 12.0 Å². The van der Waals surface area contributed by atoms with Gasteiger partial charge in [-0.15, -0.1) is 0 Å². The molecule has 0 saturated heterocycles. The standard InChI is InChI=1S/C4H6BrNS/c1-4-2-6(5)7-3-4/h2H,3H2,1H3. The van der Waals surface area contributed by atoms with Crippen molar-refractivity contribution < 1.29 is 0 Å². The molecule has 0 spiro atoms. The molecule has 0 radical (unpaired) electrons. The van der Waals surface area contributed by atoms with Crippen molar-refractivity contribution in [3.05, 3.63) is 11.8 Å². The second kappa shape index (κ2) is 2.09. The smallest absolute Gasteiger partial charge is 0.0612 e. The molecule has 0 unspecified atom stereocenters. The van der Waals surface area contributed by atoms with Crippen molar-refractivity contribution in [1.82, 2.24) is 3.33 Å². The predicted octanol–water partition coefficient (Wildman–Crippen LogP) is 2.16. The monoisotopic (exact) mass is 179 g/mol. The normalized spacial score (nSPS) is 20.3. The third-order valence-electron chi connectivity index (χ3n) is 0.737. The Bertz CT molecular complexity index is 102. The van der Waals surface area contributed by atoms with E-state index in [-0.39, 0.29) is 0 Å². The first-order valence-corrected chi connectivity index (χ1v) is 3.69. The van der Waals surface area contributed by atoms with Crippen molar-refractivity contribution in [2.45, 2.75) is 6.92 Å². The quantitative estimate of drug-likeness (QED) is 0.415. The average Bonchev–Trinajstić information content (AvgIpc) is 1.87. The fourth-order valence-corrected chi connectivity index (χ4v) is 1.72. The summed E-state index contributed by atoms with van der Waals surface area (Å²) in [6.45, 7) is 2.12. The lowest BCUT2D eigenvalue weighted by Gasteiger charge is -1.96. The van der Waals surface area contributed by atoms with Crippen LogP contribution in [-0.2, 0) is 0 Å². The van der Waals surface area contributed by atoms with Crippen LogP contribution in [0.2, 0.25) is 0 Å². The third kappa shape index (κ3) is 1.39. The van der Waals surface area contributed by atoms with E-state index in [1.165, 1.54) is 5.57 Å². The number of nitrogens with zero attached hydrogens (tertiary/aromatic N) is 1. The predicted molar refractivity (Wildman–Crippen MR) is 37.0 cm³/mol. The van der Waals surface area contributed by atoms with E-state index in [2.05, 4.69) is 29.3 Å². The summed E-state index contributed by atoms with van der Waals surface area (Å²) < 4.78 is 1.95. The molecular formula is C4H6BrNS. The van der Waals surface area contributed by atoms with Crippen molar-refractivity contribution in [1.29, 1.82) is 0 Å². The van der Waals surface area contributed by atoms with Crippen LogP contribution >= 0.6 is 28.1 Å². The highest BCUT2D eigenvalue weighted by Gasteiger charge is 2.04. The fourth-order valence-electron chi connectivity index (χ4n) is 0.411. The van der Waals surface area contributed by atoms with Crippen LogP contribution in [-0.4, -0.2) is 9.08 Å². The Morgan fingerprint density at radius 1 is 2.00 bits per heavy atom. The first kappa shape index (κ1) is 5.51. The van der Waals surface area contributed by atoms with Crippen LogP contribution in [0, 0.1) is 0 Å². The maximum absolute atomic E-state index is 3.30. The van der Waals surface area contributed by atoms with Gasteiger partial charge in [0.1, 0.15) is 0 Å². The zero-order valence-electron chi connectivity index (χ0n) is 4.02. The van der Waals surface area contributed by atoms with Crippen molar-refractivity contribution in [2.24, 2.45) is 0 Å². The SMILES string of the molecule is CC1=CN(Br)SC1. The Morgan fingerprint density at radius 3 is 2.86 bits per heavy atom. The Hall–Kier alpha value is 0.370. The molecule has 1 nitrogen and oxygen atoms in total. The summed E-state index contributed by atoms with van der Waals surface area (Å²) in [5, 5.41) is 0. The van der Waals surface area contributed by atoms with Crippen LogP contribution in [0.25, 0.3) is 0 Å². The van der Waals surface area contributed by atoms with Gasteiger partial charge in [0.05, 0.1) is 16.1 Å². The second-order valence-corrected chi connectivity index (χ2v) is 3.69. The molecule has 40 valence electrons. The first-order chi connectivity index (χ1) is 3.29. The van der Waals surface area contributed by atoms with Crippen molar-refractivity contribution in [3.8, 4) is 0 Å². The van der Waals surface area contributed by atoms with E-state index in [4.69, 9.17) is 0 Å². The molecule has 0 amide bonds. The highest BCUT2D eigenvalue weighted by Crippen LogP contribution is 2.26. The summed E-state index contributed by atoms with van der Waals surface area (Å²) in [7, 11) is 0. The van der Waals surface area contributed by atoms with E-state index in [0.717, 1.165) is 5.75 Å². The van der Waals surface area contributed by atoms with Gasteiger partial charge in [0.2, 0.25) is 0 Å². The Balaban J connectivity index is 2.50. The average molecular weight is 180 g/mol. The van der Waals surface area contributed by atoms with Gasteiger partial charge in [-0.05, 0) is 24.4 Å². The van der Waals surface area contributed by atoms with E-state index >= 15 is 0 Å². The topological polar surface area (TPSA) is 3.24 Å². The maximum atomic E-state index is 3.30. The molecule has 7 heavy (non-hydrogen) atoms. The summed E-state index contributed by atoms with van der Waals surface area (Å²) in [4.78, 5) is 0. The molecular weight excluding hydrogens is 174 g/mol. The number of rotatable bonds is 0. The molecule has 0 fully saturated rings. The summed E-state index contributed by atoms with van der Waals surface area (Å²) in [6.07, 6.45) is 2.07. The van der Waals surface area contributed by atoms with Crippen LogP contribution < -0.4 is 0 Å². The molecule has 0 aromatic heterocycles. The van der Waals surface area contributed by atoms with E-state index < -0.39 is 0 Å². The van der Waals surface area contributed by atoms with Crippen LogP contribution in [0.4, 0.5) is 0 Å². The summed E-state index contributed by atoms with van der Waals surface area (Å²) in [5.41, 5.74) is 1.42. The zero-order valence-corrected chi connectivity index (χ0v) is 6.42. The zero-order chi connectivity index (χ0) is 5.28. The van der Waals surface area contributed by atoms with Crippen molar-refractivity contribution >= 4 is 28.1 Å². The van der Waals surface area contributed by atoms with E-state index in [1.54, 1.807) is 11.9 Å². The number of hydrogen-bond acceptors (Lipinski definition) is 2. The summed E-state index contributed by atoms with van der Waals surface area (Å²) >= 11 is 5.06. The van der Waals surface area contributed by atoms with Crippen molar-refractivity contribution in [3.63, 3.8) is 0 Å². The Labute approximate surface area is 56.2 Å². The van der Waals surface area contributed by atoms with Gasteiger partial charge in [-0.25, -0.2) is 0 Å². The molecule has 1 aliphatic rings. The number of hydrogen-bond donors (Lipinski definition) is 0. The highest BCUT2D eigenvalue weighted by molar-refractivity contribution is 9.09. The van der Waals surface area contributed by atoms with Gasteiger partial charge in [-0.1, -0.05) is 0 Å². The molecule has 0 bridgehead atoms. The minimum Gasteiger partial charge on any atom is -0.258 e. The van der Waals surface area contributed by atoms with E-state index in [0.29, 0.717) is 0 Å². The van der Waals surface area contributed by atoms with Gasteiger partial charge in [-0.2, -0.15) is 0 Å². The molecule has 3 heteroatoms. The second-order valence-electron chi connectivity index (χ2n) is 1.52.